The number of nitrogens with one attached hydrogen (secondary N) is 2. The van der Waals surface area contributed by atoms with E-state index in [0.717, 1.165) is 68.2 Å². The summed E-state index contributed by atoms with van der Waals surface area (Å²) in [7, 11) is 1.43. The number of thiophene rings is 2. The number of nitrogens with zero attached hydrogens (tertiary/aromatic N) is 2. The van der Waals surface area contributed by atoms with Crippen LogP contribution in [0.5, 0.6) is 0 Å². The molecule has 0 saturated heterocycles. The van der Waals surface area contributed by atoms with E-state index < -0.39 is 7.12 Å². The number of ether oxygens (including phenoxy) is 2. The van der Waals surface area contributed by atoms with Gasteiger partial charge in [0, 0.05) is 35.8 Å². The first-order valence-electron chi connectivity index (χ1n) is 21.1. The van der Waals surface area contributed by atoms with Crippen LogP contribution in [0, 0.1) is 13.8 Å². The second-order valence-electron chi connectivity index (χ2n) is 15.7. The van der Waals surface area contributed by atoms with Gasteiger partial charge in [-0.15, -0.1) is 45.3 Å². The Labute approximate surface area is 431 Å². The molecular formula is C50H48BBrCl2N4O6S4. The highest BCUT2D eigenvalue weighted by Crippen LogP contribution is 2.43. The summed E-state index contributed by atoms with van der Waals surface area (Å²) < 4.78 is 10.7. The zero-order chi connectivity index (χ0) is 49.2. The number of aromatic nitrogens is 2. The lowest BCUT2D eigenvalue weighted by Crippen LogP contribution is -2.29. The fraction of sp³-hybridized carbons (Fsp3) is 0.200. The van der Waals surface area contributed by atoms with E-state index in [0.29, 0.717) is 38.4 Å². The maximum Gasteiger partial charge on any atom is 0.488 e. The second kappa shape index (κ2) is 24.1. The van der Waals surface area contributed by atoms with Gasteiger partial charge < -0.3 is 30.2 Å². The first kappa shape index (κ1) is 52.5. The second-order valence-corrected chi connectivity index (χ2v) is 22.1. The summed E-state index contributed by atoms with van der Waals surface area (Å²) in [6, 6.07) is 34.4. The van der Waals surface area contributed by atoms with Crippen LogP contribution in [0.4, 0.5) is 21.6 Å². The fourth-order valence-electron chi connectivity index (χ4n) is 6.58. The van der Waals surface area contributed by atoms with Gasteiger partial charge in [-0.05, 0) is 100 Å². The number of esters is 2. The molecule has 0 spiro atoms. The van der Waals surface area contributed by atoms with Crippen molar-refractivity contribution in [2.75, 3.05) is 24.9 Å². The van der Waals surface area contributed by atoms with E-state index >= 15 is 0 Å². The van der Waals surface area contributed by atoms with Gasteiger partial charge in [0.1, 0.15) is 9.75 Å². The van der Waals surface area contributed by atoms with Crippen LogP contribution in [0.3, 0.4) is 0 Å². The van der Waals surface area contributed by atoms with E-state index in [2.05, 4.69) is 60.3 Å². The van der Waals surface area contributed by atoms with Crippen molar-refractivity contribution in [2.24, 2.45) is 0 Å². The van der Waals surface area contributed by atoms with Gasteiger partial charge in [-0.25, -0.2) is 19.6 Å². The van der Waals surface area contributed by atoms with Crippen LogP contribution in [0.25, 0.3) is 33.0 Å². The highest BCUT2D eigenvalue weighted by molar-refractivity contribution is 9.11. The summed E-state index contributed by atoms with van der Waals surface area (Å²) >= 11 is 21.7. The lowest BCUT2D eigenvalue weighted by atomic mass is 9.81. The summed E-state index contributed by atoms with van der Waals surface area (Å²) in [4.78, 5) is 38.5. The van der Waals surface area contributed by atoms with Crippen LogP contribution < -0.4 is 16.1 Å². The molecule has 18 heteroatoms. The third-order valence-corrected chi connectivity index (χ3v) is 16.2. The summed E-state index contributed by atoms with van der Waals surface area (Å²) in [6.45, 7) is 12.6. The van der Waals surface area contributed by atoms with Crippen LogP contribution in [-0.4, -0.2) is 53.3 Å². The maximum atomic E-state index is 12.5. The molecule has 0 atom stereocenters. The van der Waals surface area contributed by atoms with E-state index in [9.17, 15) is 9.59 Å². The Bertz CT molecular complexity index is 2990. The number of anilines is 4. The molecule has 0 aliphatic rings. The quantitative estimate of drug-likeness (QED) is 0.0690. The zero-order valence-electron chi connectivity index (χ0n) is 38.3. The van der Waals surface area contributed by atoms with E-state index in [1.165, 1.54) is 46.6 Å². The van der Waals surface area contributed by atoms with Crippen LogP contribution in [0.15, 0.2) is 113 Å². The van der Waals surface area contributed by atoms with Crippen molar-refractivity contribution in [1.29, 1.82) is 0 Å². The Hall–Kier alpha value is -4.88. The molecule has 8 aromatic rings. The molecular weight excluding hydrogens is 1040 g/mol. The molecule has 0 saturated carbocycles. The number of carbonyl (C=O) groups excluding carboxylic acids is 2. The van der Waals surface area contributed by atoms with Gasteiger partial charge in [-0.1, -0.05) is 124 Å². The number of aryl methyl sites for hydroxylation is 2. The molecule has 352 valence electrons. The molecule has 8 rings (SSSR count). The first-order chi connectivity index (χ1) is 32.5. The Morgan fingerprint density at radius 2 is 1.06 bits per heavy atom. The molecule has 68 heavy (non-hydrogen) atoms. The molecule has 0 aliphatic heterocycles. The monoisotopic (exact) mass is 1090 g/mol. The first-order valence-corrected chi connectivity index (χ1v) is 25.9. The Morgan fingerprint density at radius 1 is 0.618 bits per heavy atom. The fourth-order valence-corrected chi connectivity index (χ4v) is 11.3. The minimum absolute atomic E-state index is 0.302. The Morgan fingerprint density at radius 3 is 1.47 bits per heavy atom. The SMILES string of the molecule is COC(=O)c1sc(-c2ccccc2)cc1Nc1nc(-c2ccc(Cl)c(C)c2)c(C(C)C)s1.COC(=O)c1sc(Br)cc1Nc1nc(-c2ccc(Cl)c(C)c2)c(C(C)C)s1.OB(O)c1ccccc1. The molecule has 10 nitrogen and oxygen atoms in total. The number of carbonyl (C=O) groups is 2. The smallest absolute Gasteiger partial charge is 0.465 e. The molecule has 0 fully saturated rings. The molecule has 4 heterocycles. The van der Waals surface area contributed by atoms with E-state index in [-0.39, 0.29) is 11.9 Å². The minimum Gasteiger partial charge on any atom is -0.465 e. The van der Waals surface area contributed by atoms with Gasteiger partial charge in [-0.2, -0.15) is 0 Å². The molecule has 0 aliphatic carbocycles. The minimum atomic E-state index is -1.34. The molecule has 4 N–H and O–H groups in total. The van der Waals surface area contributed by atoms with Gasteiger partial charge in [0.25, 0.3) is 0 Å². The Kier molecular flexibility index (Phi) is 18.6. The largest absolute Gasteiger partial charge is 0.488 e. The van der Waals surface area contributed by atoms with Gasteiger partial charge in [0.15, 0.2) is 10.3 Å². The Balaban J connectivity index is 0.000000191. The molecule has 0 bridgehead atoms. The summed E-state index contributed by atoms with van der Waals surface area (Å²) in [5, 5.41) is 26.8. The molecule has 0 radical (unpaired) electrons. The van der Waals surface area contributed by atoms with Crippen molar-refractivity contribution < 1.29 is 29.1 Å². The number of rotatable bonds is 12. The van der Waals surface area contributed by atoms with Crippen LogP contribution >= 0.6 is 84.5 Å². The number of hydrogen-bond donors (Lipinski definition) is 4. The van der Waals surface area contributed by atoms with Crippen molar-refractivity contribution in [3.63, 3.8) is 0 Å². The van der Waals surface area contributed by atoms with Crippen molar-refractivity contribution in [3.8, 4) is 33.0 Å². The third kappa shape index (κ3) is 13.3. The van der Waals surface area contributed by atoms with E-state index in [1.54, 1.807) is 46.9 Å². The maximum absolute atomic E-state index is 12.5. The van der Waals surface area contributed by atoms with Crippen LogP contribution in [0.1, 0.15) is 79.8 Å². The average molecular weight is 1090 g/mol. The lowest BCUT2D eigenvalue weighted by Gasteiger charge is -2.06. The predicted octanol–water partition coefficient (Wildman–Crippen LogP) is 14.8. The van der Waals surface area contributed by atoms with Crippen molar-refractivity contribution in [1.82, 2.24) is 9.97 Å². The van der Waals surface area contributed by atoms with Crippen molar-refractivity contribution in [2.45, 2.75) is 53.4 Å². The highest BCUT2D eigenvalue weighted by Gasteiger charge is 2.23. The van der Waals surface area contributed by atoms with Gasteiger partial charge >= 0.3 is 19.1 Å². The van der Waals surface area contributed by atoms with Crippen molar-refractivity contribution >= 4 is 131 Å². The number of hydrogen-bond acceptors (Lipinski definition) is 14. The number of benzene rings is 4. The topological polar surface area (TPSA) is 143 Å². The molecule has 0 unspecified atom stereocenters. The third-order valence-electron chi connectivity index (χ3n) is 10.0. The highest BCUT2D eigenvalue weighted by atomic mass is 79.9. The van der Waals surface area contributed by atoms with Crippen LogP contribution in [0.2, 0.25) is 10.0 Å². The van der Waals surface area contributed by atoms with Crippen molar-refractivity contribution in [3.05, 3.63) is 154 Å². The average Bonchev–Trinajstić information content (AvgIpc) is 4.14. The standard InChI is InChI=1S/C25H23ClN2O2S2.C19H18BrClN2O2S2.C6H7BO2/c1-14(2)22-21(17-10-11-18(26)15(3)12-17)28-25(32-22)27-19-13-20(16-8-6-5-7-9-16)31-23(19)24(29)30-4;1-9(2)16-15(11-5-6-12(21)10(3)7-11)23-19(27-16)22-13-8-14(20)26-17(13)18(24)25-4;8-7(9)6-4-2-1-3-5-6/h5-14H,1-4H3,(H,27,28);5-9H,1-4H3,(H,22,23);1-5,8-9H. The van der Waals surface area contributed by atoms with Gasteiger partial charge in [0.05, 0.1) is 40.8 Å². The molecule has 4 aromatic carbocycles. The number of thiazole rings is 2. The number of methoxy groups -OCH3 is 2. The molecule has 0 amide bonds. The van der Waals surface area contributed by atoms with Gasteiger partial charge in [-0.3, -0.25) is 0 Å². The van der Waals surface area contributed by atoms with E-state index in [1.807, 2.05) is 92.7 Å². The molecule has 4 aromatic heterocycles. The lowest BCUT2D eigenvalue weighted by molar-refractivity contribution is 0.0598. The normalized spacial score (nSPS) is 10.8. The van der Waals surface area contributed by atoms with Crippen LogP contribution in [-0.2, 0) is 9.47 Å². The summed E-state index contributed by atoms with van der Waals surface area (Å²) in [5.74, 6) is -0.119. The van der Waals surface area contributed by atoms with E-state index in [4.69, 9.17) is 52.7 Å². The van der Waals surface area contributed by atoms with Gasteiger partial charge in [0.2, 0.25) is 0 Å². The summed E-state index contributed by atoms with van der Waals surface area (Å²) in [5.41, 5.74) is 8.92. The number of halogens is 3. The summed E-state index contributed by atoms with van der Waals surface area (Å²) in [6.07, 6.45) is 0. The zero-order valence-corrected chi connectivity index (χ0v) is 44.7. The predicted molar refractivity (Wildman–Crippen MR) is 290 cm³/mol.